The smallest absolute Gasteiger partial charge is 0.222 e. The number of likely N-dealkylation sites (tertiary alicyclic amines) is 1. The van der Waals surface area contributed by atoms with Crippen LogP contribution < -0.4 is 15.4 Å². The number of nitrogens with zero attached hydrogens (tertiary/aromatic N) is 6. The largest absolute Gasteiger partial charge is 0.496 e. The van der Waals surface area contributed by atoms with Crippen molar-refractivity contribution in [3.63, 3.8) is 0 Å². The first-order valence-electron chi connectivity index (χ1n) is 12.4. The molecule has 0 aliphatic carbocycles. The van der Waals surface area contributed by atoms with Crippen molar-refractivity contribution in [3.05, 3.63) is 35.5 Å². The summed E-state index contributed by atoms with van der Waals surface area (Å²) in [4.78, 5) is 13.4. The highest BCUT2D eigenvalue weighted by Crippen LogP contribution is 2.26. The molecular weight excluding hydrogens is 430 g/mol. The number of aromatic nitrogens is 4. The summed E-state index contributed by atoms with van der Waals surface area (Å²) in [6.07, 6.45) is 7.85. The van der Waals surface area contributed by atoms with Crippen molar-refractivity contribution in [3.8, 4) is 5.75 Å². The molecular formula is C25H37N7O2. The minimum absolute atomic E-state index is 0.0385. The lowest BCUT2D eigenvalue weighted by Crippen LogP contribution is -2.29. The van der Waals surface area contributed by atoms with Crippen molar-refractivity contribution >= 4 is 22.8 Å². The molecule has 9 heteroatoms. The van der Waals surface area contributed by atoms with Crippen molar-refractivity contribution < 1.29 is 9.84 Å². The van der Waals surface area contributed by atoms with Crippen LogP contribution in [0.15, 0.2) is 24.4 Å². The molecule has 1 aliphatic heterocycles. The molecule has 0 atom stereocenters. The summed E-state index contributed by atoms with van der Waals surface area (Å²) >= 11 is 0. The van der Waals surface area contributed by atoms with Gasteiger partial charge in [0.05, 0.1) is 26.5 Å². The highest BCUT2D eigenvalue weighted by atomic mass is 16.5. The number of rotatable bonds is 11. The number of aliphatic hydroxyl groups excluding tert-OH is 1. The predicted octanol–water partition coefficient (Wildman–Crippen LogP) is 3.05. The van der Waals surface area contributed by atoms with Crippen LogP contribution in [0, 0.1) is 0 Å². The first-order chi connectivity index (χ1) is 16.6. The summed E-state index contributed by atoms with van der Waals surface area (Å²) in [7, 11) is 1.72. The van der Waals surface area contributed by atoms with E-state index in [0.717, 1.165) is 37.2 Å². The van der Waals surface area contributed by atoms with Crippen LogP contribution in [0.25, 0.3) is 11.0 Å². The van der Waals surface area contributed by atoms with Gasteiger partial charge < -0.3 is 20.5 Å². The minimum Gasteiger partial charge on any atom is -0.496 e. The molecule has 1 saturated heterocycles. The quantitative estimate of drug-likeness (QED) is 0.443. The molecule has 0 amide bonds. The Morgan fingerprint density at radius 2 is 1.94 bits per heavy atom. The third-order valence-electron chi connectivity index (χ3n) is 6.40. The molecule has 2 aromatic heterocycles. The van der Waals surface area contributed by atoms with Crippen LogP contribution in [-0.2, 0) is 13.1 Å². The maximum absolute atomic E-state index is 9.56. The van der Waals surface area contributed by atoms with Gasteiger partial charge in [0.25, 0.3) is 0 Å². The number of piperidine rings is 1. The molecule has 1 aliphatic rings. The Kier molecular flexibility index (Phi) is 8.18. The molecule has 4 rings (SSSR count). The zero-order valence-electron chi connectivity index (χ0n) is 20.4. The Morgan fingerprint density at radius 3 is 2.68 bits per heavy atom. The van der Waals surface area contributed by atoms with E-state index >= 15 is 0 Å². The van der Waals surface area contributed by atoms with E-state index in [0.29, 0.717) is 29.9 Å². The zero-order chi connectivity index (χ0) is 23.9. The van der Waals surface area contributed by atoms with Crippen LogP contribution in [0.3, 0.4) is 0 Å². The van der Waals surface area contributed by atoms with Crippen molar-refractivity contribution in [2.24, 2.45) is 0 Å². The maximum Gasteiger partial charge on any atom is 0.222 e. The van der Waals surface area contributed by atoms with E-state index in [2.05, 4.69) is 40.0 Å². The fourth-order valence-electron chi connectivity index (χ4n) is 4.62. The fraction of sp³-hybridized carbons (Fsp3) is 0.560. The molecule has 0 bridgehead atoms. The van der Waals surface area contributed by atoms with Crippen LogP contribution in [0.2, 0.25) is 0 Å². The second-order valence-electron chi connectivity index (χ2n) is 9.01. The lowest BCUT2D eigenvalue weighted by molar-refractivity contribution is 0.220. The summed E-state index contributed by atoms with van der Waals surface area (Å²) in [6.45, 7) is 7.28. The normalized spacial score (nSPS) is 14.6. The average molecular weight is 468 g/mol. The Labute approximate surface area is 201 Å². The Morgan fingerprint density at radius 1 is 1.12 bits per heavy atom. The number of unbranched alkanes of at least 4 members (excludes halogenated alkanes) is 1. The van der Waals surface area contributed by atoms with E-state index in [1.807, 2.05) is 15.8 Å². The van der Waals surface area contributed by atoms with E-state index < -0.39 is 0 Å². The van der Waals surface area contributed by atoms with E-state index in [1.165, 1.54) is 37.9 Å². The number of benzene rings is 1. The number of nitrogens with two attached hydrogens (primary N) is 1. The van der Waals surface area contributed by atoms with Crippen LogP contribution in [0.4, 0.5) is 11.8 Å². The lowest BCUT2D eigenvalue weighted by atomic mass is 10.1. The molecule has 0 saturated carbocycles. The second kappa shape index (κ2) is 11.5. The van der Waals surface area contributed by atoms with Crippen molar-refractivity contribution in [1.82, 2.24) is 24.6 Å². The Hall–Kier alpha value is -2.91. The molecule has 3 heterocycles. The van der Waals surface area contributed by atoms with Gasteiger partial charge in [-0.15, -0.1) is 0 Å². The number of fused-ring (bicyclic) bond motifs is 1. The molecule has 184 valence electrons. The van der Waals surface area contributed by atoms with Crippen molar-refractivity contribution in [2.75, 3.05) is 50.5 Å². The first-order valence-corrected chi connectivity index (χ1v) is 12.4. The number of hydrogen-bond donors (Lipinski definition) is 2. The first kappa shape index (κ1) is 24.2. The van der Waals surface area contributed by atoms with Gasteiger partial charge in [0.2, 0.25) is 5.95 Å². The van der Waals surface area contributed by atoms with Gasteiger partial charge >= 0.3 is 0 Å². The molecule has 1 aromatic carbocycles. The molecule has 0 spiro atoms. The van der Waals surface area contributed by atoms with Crippen molar-refractivity contribution in [1.29, 1.82) is 0 Å². The van der Waals surface area contributed by atoms with Crippen LogP contribution >= 0.6 is 0 Å². The zero-order valence-corrected chi connectivity index (χ0v) is 20.4. The summed E-state index contributed by atoms with van der Waals surface area (Å²) in [5, 5.41) is 14.4. The third kappa shape index (κ3) is 5.77. The van der Waals surface area contributed by atoms with E-state index in [-0.39, 0.29) is 12.6 Å². The molecule has 3 aromatic rings. The standard InChI is InChI=1S/C25H37N7O2/c1-3-4-12-31(13-14-33)24-23-21(27-25(26)28-24)18-32(29-23)17-20-9-8-19(15-22(20)34-2)16-30-10-6-5-7-11-30/h8-9,15,18,33H,3-7,10-14,16-17H2,1-2H3,(H2,26,27). The molecule has 34 heavy (non-hydrogen) atoms. The number of ether oxygens (including phenoxy) is 1. The van der Waals surface area contributed by atoms with E-state index in [4.69, 9.17) is 15.6 Å². The lowest BCUT2D eigenvalue weighted by Gasteiger charge is -2.26. The summed E-state index contributed by atoms with van der Waals surface area (Å²) in [5.41, 5.74) is 9.73. The van der Waals surface area contributed by atoms with E-state index in [9.17, 15) is 5.11 Å². The van der Waals surface area contributed by atoms with Crippen LogP contribution in [0.1, 0.15) is 50.2 Å². The number of nitrogen functional groups attached to an aromatic ring is 1. The fourth-order valence-corrected chi connectivity index (χ4v) is 4.62. The summed E-state index contributed by atoms with van der Waals surface area (Å²) < 4.78 is 7.60. The maximum atomic E-state index is 9.56. The summed E-state index contributed by atoms with van der Waals surface area (Å²) in [5.74, 6) is 1.75. The van der Waals surface area contributed by atoms with Gasteiger partial charge in [-0.05, 0) is 44.0 Å². The monoisotopic (exact) mass is 467 g/mol. The van der Waals surface area contributed by atoms with Crippen molar-refractivity contribution in [2.45, 2.75) is 52.1 Å². The molecule has 1 fully saturated rings. The number of methoxy groups -OCH3 is 1. The highest BCUT2D eigenvalue weighted by molar-refractivity contribution is 5.86. The molecule has 3 N–H and O–H groups in total. The third-order valence-corrected chi connectivity index (χ3v) is 6.40. The molecule has 0 unspecified atom stereocenters. The van der Waals surface area contributed by atoms with E-state index in [1.54, 1.807) is 7.11 Å². The van der Waals surface area contributed by atoms with Gasteiger partial charge in [-0.1, -0.05) is 31.9 Å². The second-order valence-corrected chi connectivity index (χ2v) is 9.01. The van der Waals surface area contributed by atoms with Gasteiger partial charge in [0.1, 0.15) is 11.3 Å². The summed E-state index contributed by atoms with van der Waals surface area (Å²) in [6, 6.07) is 6.46. The number of anilines is 2. The van der Waals surface area contributed by atoms with Gasteiger partial charge in [-0.25, -0.2) is 4.98 Å². The Bertz CT molecular complexity index is 1080. The Balaban J connectivity index is 1.58. The molecule has 0 radical (unpaired) electrons. The SMILES string of the molecule is CCCCN(CCO)c1nc(N)nc2cn(Cc3ccc(CN4CCCCC4)cc3OC)nc12. The van der Waals surface area contributed by atoms with Crippen LogP contribution in [-0.4, -0.2) is 69.7 Å². The van der Waals surface area contributed by atoms with Gasteiger partial charge in [0.15, 0.2) is 11.3 Å². The highest BCUT2D eigenvalue weighted by Gasteiger charge is 2.18. The molecule has 9 nitrogen and oxygen atoms in total. The topological polar surface area (TPSA) is 106 Å². The van der Waals surface area contributed by atoms with Gasteiger partial charge in [0, 0.05) is 25.2 Å². The predicted molar refractivity (Wildman–Crippen MR) is 135 cm³/mol. The van der Waals surface area contributed by atoms with Crippen LogP contribution in [0.5, 0.6) is 5.75 Å². The number of hydrogen-bond acceptors (Lipinski definition) is 8. The number of aliphatic hydroxyl groups is 1. The van der Waals surface area contributed by atoms with Gasteiger partial charge in [-0.3, -0.25) is 9.58 Å². The van der Waals surface area contributed by atoms with Gasteiger partial charge in [-0.2, -0.15) is 10.1 Å². The minimum atomic E-state index is 0.0385. The average Bonchev–Trinajstić information content (AvgIpc) is 3.25.